The molecule has 0 radical (unpaired) electrons. The fraction of sp³-hybridized carbons (Fsp3) is 0.182. The summed E-state index contributed by atoms with van der Waals surface area (Å²) in [5, 5.41) is 16.2. The molecule has 1 N–H and O–H groups in total. The number of hydrogen-bond acceptors (Lipinski definition) is 3. The van der Waals surface area contributed by atoms with Crippen LogP contribution in [-0.4, -0.2) is 26.1 Å². The molecule has 0 bridgehead atoms. The summed E-state index contributed by atoms with van der Waals surface area (Å²) >= 11 is 0. The molecule has 0 aliphatic carbocycles. The van der Waals surface area contributed by atoms with Crippen molar-refractivity contribution in [2.24, 2.45) is 0 Å². The first-order chi connectivity index (χ1) is 8.15. The Labute approximate surface area is 96.5 Å². The van der Waals surface area contributed by atoms with Gasteiger partial charge in [-0.2, -0.15) is 0 Å². The van der Waals surface area contributed by atoms with Crippen LogP contribution in [0.1, 0.15) is 12.1 Å². The Balaban J connectivity index is 2.12. The van der Waals surface area contributed by atoms with Gasteiger partial charge < -0.3 is 5.11 Å². The van der Waals surface area contributed by atoms with Gasteiger partial charge in [0.1, 0.15) is 5.82 Å². The first kappa shape index (κ1) is 11.3. The van der Waals surface area contributed by atoms with Gasteiger partial charge in [0.05, 0.1) is 24.0 Å². The van der Waals surface area contributed by atoms with Crippen LogP contribution < -0.4 is 0 Å². The third-order valence-corrected chi connectivity index (χ3v) is 2.23. The number of rotatable bonds is 4. The Kier molecular flexibility index (Phi) is 3.13. The number of carboxylic acid groups (broad SMARTS) is 1. The normalized spacial score (nSPS) is 10.4. The maximum atomic E-state index is 12.7. The molecular formula is C11H10FN3O2. The molecule has 1 aromatic carbocycles. The van der Waals surface area contributed by atoms with Crippen LogP contribution in [0.3, 0.4) is 0 Å². The van der Waals surface area contributed by atoms with Crippen molar-refractivity contribution in [1.29, 1.82) is 0 Å². The lowest BCUT2D eigenvalue weighted by atomic mass is 10.2. The predicted octanol–water partition coefficient (Wildman–Crippen LogP) is 1.42. The van der Waals surface area contributed by atoms with Crippen LogP contribution in [0.15, 0.2) is 30.5 Å². The topological polar surface area (TPSA) is 68.0 Å². The van der Waals surface area contributed by atoms with Gasteiger partial charge in [0.15, 0.2) is 0 Å². The van der Waals surface area contributed by atoms with Crippen LogP contribution in [0.4, 0.5) is 4.39 Å². The molecule has 0 spiro atoms. The molecule has 0 aliphatic heterocycles. The number of halogens is 1. The van der Waals surface area contributed by atoms with Crippen molar-refractivity contribution < 1.29 is 14.3 Å². The average molecular weight is 235 g/mol. The van der Waals surface area contributed by atoms with E-state index in [0.29, 0.717) is 17.8 Å². The molecule has 0 saturated heterocycles. The maximum Gasteiger partial charge on any atom is 0.303 e. The molecule has 6 heteroatoms. The second-order valence-corrected chi connectivity index (χ2v) is 3.52. The quantitative estimate of drug-likeness (QED) is 0.870. The lowest BCUT2D eigenvalue weighted by molar-refractivity contribution is -0.136. The van der Waals surface area contributed by atoms with E-state index in [2.05, 4.69) is 10.3 Å². The standard InChI is InChI=1S/C11H10FN3O2/c12-8-1-4-10(5-2-8)15-7-9(13-14-15)3-6-11(16)17/h1-2,4-5,7H,3,6H2,(H,16,17). The van der Waals surface area contributed by atoms with Crippen molar-refractivity contribution in [1.82, 2.24) is 15.0 Å². The Morgan fingerprint density at radius 3 is 2.71 bits per heavy atom. The Morgan fingerprint density at radius 2 is 2.06 bits per heavy atom. The van der Waals surface area contributed by atoms with E-state index in [0.717, 1.165) is 0 Å². The van der Waals surface area contributed by atoms with E-state index in [1.165, 1.54) is 16.8 Å². The first-order valence-corrected chi connectivity index (χ1v) is 5.04. The lowest BCUT2D eigenvalue weighted by Gasteiger charge is -1.98. The molecule has 88 valence electrons. The molecule has 0 unspecified atom stereocenters. The van der Waals surface area contributed by atoms with Crippen LogP contribution in [-0.2, 0) is 11.2 Å². The number of benzene rings is 1. The number of aryl methyl sites for hydroxylation is 1. The highest BCUT2D eigenvalue weighted by atomic mass is 19.1. The first-order valence-electron chi connectivity index (χ1n) is 5.04. The molecule has 0 aliphatic rings. The molecular weight excluding hydrogens is 225 g/mol. The van der Waals surface area contributed by atoms with Crippen LogP contribution in [0, 0.1) is 5.82 Å². The van der Waals surface area contributed by atoms with E-state index in [9.17, 15) is 9.18 Å². The fourth-order valence-corrected chi connectivity index (χ4v) is 1.37. The summed E-state index contributed by atoms with van der Waals surface area (Å²) in [6.07, 6.45) is 1.98. The van der Waals surface area contributed by atoms with E-state index >= 15 is 0 Å². The van der Waals surface area contributed by atoms with E-state index < -0.39 is 5.97 Å². The minimum atomic E-state index is -0.874. The maximum absolute atomic E-state index is 12.7. The number of nitrogens with zero attached hydrogens (tertiary/aromatic N) is 3. The van der Waals surface area contributed by atoms with Crippen LogP contribution in [0.5, 0.6) is 0 Å². The van der Waals surface area contributed by atoms with Gasteiger partial charge in [0, 0.05) is 6.42 Å². The number of hydrogen-bond donors (Lipinski definition) is 1. The summed E-state index contributed by atoms with van der Waals surface area (Å²) in [6, 6.07) is 5.80. The summed E-state index contributed by atoms with van der Waals surface area (Å²) in [6.45, 7) is 0. The number of carboxylic acids is 1. The van der Waals surface area contributed by atoms with Crippen LogP contribution >= 0.6 is 0 Å². The molecule has 2 rings (SSSR count). The number of carbonyl (C=O) groups is 1. The zero-order valence-electron chi connectivity index (χ0n) is 8.88. The van der Waals surface area contributed by atoms with E-state index in [4.69, 9.17) is 5.11 Å². The van der Waals surface area contributed by atoms with Gasteiger partial charge in [-0.15, -0.1) is 5.10 Å². The highest BCUT2D eigenvalue weighted by Gasteiger charge is 2.05. The summed E-state index contributed by atoms with van der Waals surface area (Å²) in [4.78, 5) is 10.4. The SMILES string of the molecule is O=C(O)CCc1cn(-c2ccc(F)cc2)nn1. The monoisotopic (exact) mass is 235 g/mol. The second kappa shape index (κ2) is 4.73. The molecule has 1 heterocycles. The van der Waals surface area contributed by atoms with Gasteiger partial charge >= 0.3 is 5.97 Å². The summed E-state index contributed by atoms with van der Waals surface area (Å²) < 4.78 is 14.2. The summed E-state index contributed by atoms with van der Waals surface area (Å²) in [7, 11) is 0. The number of aromatic nitrogens is 3. The molecule has 1 aromatic heterocycles. The van der Waals surface area contributed by atoms with E-state index in [1.807, 2.05) is 0 Å². The molecule has 0 amide bonds. The number of aliphatic carboxylic acids is 1. The Hall–Kier alpha value is -2.24. The molecule has 0 saturated carbocycles. The largest absolute Gasteiger partial charge is 0.481 e. The molecule has 0 fully saturated rings. The Morgan fingerprint density at radius 1 is 1.35 bits per heavy atom. The smallest absolute Gasteiger partial charge is 0.303 e. The second-order valence-electron chi connectivity index (χ2n) is 3.52. The molecule has 5 nitrogen and oxygen atoms in total. The molecule has 17 heavy (non-hydrogen) atoms. The van der Waals surface area contributed by atoms with Gasteiger partial charge in [0.2, 0.25) is 0 Å². The van der Waals surface area contributed by atoms with Gasteiger partial charge in [-0.05, 0) is 24.3 Å². The average Bonchev–Trinajstić information content (AvgIpc) is 2.76. The van der Waals surface area contributed by atoms with Crippen molar-refractivity contribution in [2.45, 2.75) is 12.8 Å². The third-order valence-electron chi connectivity index (χ3n) is 2.23. The van der Waals surface area contributed by atoms with E-state index in [-0.39, 0.29) is 12.2 Å². The van der Waals surface area contributed by atoms with Crippen LogP contribution in [0.25, 0.3) is 5.69 Å². The van der Waals surface area contributed by atoms with Crippen molar-refractivity contribution in [3.63, 3.8) is 0 Å². The minimum Gasteiger partial charge on any atom is -0.481 e. The van der Waals surface area contributed by atoms with Gasteiger partial charge in [-0.1, -0.05) is 5.21 Å². The highest BCUT2D eigenvalue weighted by molar-refractivity contribution is 5.66. The predicted molar refractivity (Wildman–Crippen MR) is 57.3 cm³/mol. The summed E-state index contributed by atoms with van der Waals surface area (Å²) in [5.41, 5.74) is 1.28. The molecule has 0 atom stereocenters. The third kappa shape index (κ3) is 2.87. The van der Waals surface area contributed by atoms with E-state index in [1.54, 1.807) is 18.3 Å². The lowest BCUT2D eigenvalue weighted by Crippen LogP contribution is -1.97. The fourth-order valence-electron chi connectivity index (χ4n) is 1.37. The van der Waals surface area contributed by atoms with Crippen LogP contribution in [0.2, 0.25) is 0 Å². The van der Waals surface area contributed by atoms with Gasteiger partial charge in [-0.25, -0.2) is 9.07 Å². The van der Waals surface area contributed by atoms with Crippen molar-refractivity contribution in [2.75, 3.05) is 0 Å². The summed E-state index contributed by atoms with van der Waals surface area (Å²) in [5.74, 6) is -1.19. The molecule has 2 aromatic rings. The highest BCUT2D eigenvalue weighted by Crippen LogP contribution is 2.08. The van der Waals surface area contributed by atoms with Crippen molar-refractivity contribution >= 4 is 5.97 Å². The zero-order chi connectivity index (χ0) is 12.3. The Bertz CT molecular complexity index is 522. The zero-order valence-corrected chi connectivity index (χ0v) is 8.88. The van der Waals surface area contributed by atoms with Crippen molar-refractivity contribution in [3.05, 3.63) is 42.0 Å². The van der Waals surface area contributed by atoms with Gasteiger partial charge in [0.25, 0.3) is 0 Å². The van der Waals surface area contributed by atoms with Crippen molar-refractivity contribution in [3.8, 4) is 5.69 Å². The minimum absolute atomic E-state index is 0.0160. The van der Waals surface area contributed by atoms with Gasteiger partial charge in [-0.3, -0.25) is 4.79 Å².